The van der Waals surface area contributed by atoms with Crippen LogP contribution in [0, 0.1) is 0 Å². The van der Waals surface area contributed by atoms with Crippen molar-refractivity contribution in [3.05, 3.63) is 70.8 Å². The van der Waals surface area contributed by atoms with Gasteiger partial charge >= 0.3 is 6.18 Å². The van der Waals surface area contributed by atoms with Gasteiger partial charge in [-0.3, -0.25) is 9.69 Å². The van der Waals surface area contributed by atoms with Gasteiger partial charge in [0.05, 0.1) is 11.2 Å². The normalized spacial score (nSPS) is 17.7. The second-order valence-corrected chi connectivity index (χ2v) is 7.14. The number of benzene rings is 2. The van der Waals surface area contributed by atoms with Crippen LogP contribution in [0.5, 0.6) is 0 Å². The van der Waals surface area contributed by atoms with E-state index in [9.17, 15) is 23.1 Å². The molecule has 0 spiro atoms. The second kappa shape index (κ2) is 7.44. The SMILES string of the molecule is CC(=O)c1ccc(CN2CCC(O)(c3cccc(C(F)(F)F)c3)CC2)cc1. The van der Waals surface area contributed by atoms with Crippen molar-refractivity contribution in [3.8, 4) is 0 Å². The van der Waals surface area contributed by atoms with Crippen LogP contribution in [0.3, 0.4) is 0 Å². The van der Waals surface area contributed by atoms with Gasteiger partial charge in [-0.25, -0.2) is 0 Å². The van der Waals surface area contributed by atoms with Gasteiger partial charge in [0.25, 0.3) is 0 Å². The van der Waals surface area contributed by atoms with Crippen molar-refractivity contribution in [2.45, 2.75) is 38.1 Å². The molecule has 27 heavy (non-hydrogen) atoms. The number of halogens is 3. The fraction of sp³-hybridized carbons (Fsp3) is 0.381. The monoisotopic (exact) mass is 377 g/mol. The predicted octanol–water partition coefficient (Wildman–Crippen LogP) is 4.39. The van der Waals surface area contributed by atoms with Crippen LogP contribution in [0.25, 0.3) is 0 Å². The van der Waals surface area contributed by atoms with E-state index >= 15 is 0 Å². The Hall–Kier alpha value is -2.18. The lowest BCUT2D eigenvalue weighted by atomic mass is 9.83. The van der Waals surface area contributed by atoms with E-state index in [2.05, 4.69) is 4.90 Å². The third kappa shape index (κ3) is 4.57. The minimum Gasteiger partial charge on any atom is -0.385 e. The maximum atomic E-state index is 12.9. The molecule has 3 rings (SSSR count). The topological polar surface area (TPSA) is 40.5 Å². The second-order valence-electron chi connectivity index (χ2n) is 7.14. The van der Waals surface area contributed by atoms with E-state index in [0.717, 1.165) is 17.7 Å². The Kier molecular flexibility index (Phi) is 5.40. The summed E-state index contributed by atoms with van der Waals surface area (Å²) in [5.74, 6) is 0.0191. The number of rotatable bonds is 4. The molecule has 1 N–H and O–H groups in total. The van der Waals surface area contributed by atoms with Crippen LogP contribution < -0.4 is 0 Å². The fourth-order valence-corrected chi connectivity index (χ4v) is 3.46. The molecule has 0 bridgehead atoms. The molecule has 1 aliphatic heterocycles. The molecule has 3 nitrogen and oxygen atoms in total. The molecule has 0 unspecified atom stereocenters. The first-order valence-corrected chi connectivity index (χ1v) is 8.90. The molecule has 0 saturated carbocycles. The minimum atomic E-state index is -4.42. The smallest absolute Gasteiger partial charge is 0.385 e. The van der Waals surface area contributed by atoms with Crippen LogP contribution >= 0.6 is 0 Å². The van der Waals surface area contributed by atoms with Crippen molar-refractivity contribution in [2.75, 3.05) is 13.1 Å². The molecule has 1 saturated heterocycles. The molecule has 1 aliphatic rings. The minimum absolute atomic E-state index is 0.0191. The Labute approximate surface area is 156 Å². The molecule has 1 heterocycles. The van der Waals surface area contributed by atoms with Crippen molar-refractivity contribution in [1.29, 1.82) is 0 Å². The number of hydrogen-bond acceptors (Lipinski definition) is 3. The number of nitrogens with zero attached hydrogens (tertiary/aromatic N) is 1. The molecule has 2 aromatic rings. The quantitative estimate of drug-likeness (QED) is 0.804. The van der Waals surface area contributed by atoms with E-state index in [1.165, 1.54) is 13.0 Å². The van der Waals surface area contributed by atoms with Gasteiger partial charge in [-0.15, -0.1) is 0 Å². The summed E-state index contributed by atoms with van der Waals surface area (Å²) in [5, 5.41) is 10.9. The van der Waals surface area contributed by atoms with E-state index in [1.807, 2.05) is 12.1 Å². The summed E-state index contributed by atoms with van der Waals surface area (Å²) in [6.45, 7) is 3.37. The average Bonchev–Trinajstić information content (AvgIpc) is 2.64. The molecule has 0 atom stereocenters. The molecular formula is C21H22F3NO2. The molecule has 0 amide bonds. The molecule has 0 aromatic heterocycles. The van der Waals surface area contributed by atoms with Gasteiger partial charge in [0.15, 0.2) is 5.78 Å². The van der Waals surface area contributed by atoms with E-state index in [1.54, 1.807) is 18.2 Å². The molecule has 0 aliphatic carbocycles. The summed E-state index contributed by atoms with van der Waals surface area (Å²) in [6, 6.07) is 12.4. The summed E-state index contributed by atoms with van der Waals surface area (Å²) in [6.07, 6.45) is -3.67. The maximum absolute atomic E-state index is 12.9. The summed E-state index contributed by atoms with van der Waals surface area (Å²) in [4.78, 5) is 13.5. The van der Waals surface area contributed by atoms with E-state index in [0.29, 0.717) is 43.6 Å². The van der Waals surface area contributed by atoms with Crippen LogP contribution in [-0.4, -0.2) is 28.9 Å². The Morgan fingerprint density at radius 1 is 1.11 bits per heavy atom. The number of carbonyl (C=O) groups excluding carboxylic acids is 1. The van der Waals surface area contributed by atoms with Gasteiger partial charge < -0.3 is 5.11 Å². The first kappa shape index (κ1) is 19.6. The lowest BCUT2D eigenvalue weighted by Crippen LogP contribution is -2.42. The zero-order valence-electron chi connectivity index (χ0n) is 15.1. The first-order valence-electron chi connectivity index (χ1n) is 8.90. The van der Waals surface area contributed by atoms with Gasteiger partial charge in [-0.05, 0) is 43.0 Å². The largest absolute Gasteiger partial charge is 0.416 e. The van der Waals surface area contributed by atoms with Crippen LogP contribution in [0.2, 0.25) is 0 Å². The van der Waals surface area contributed by atoms with Crippen LogP contribution in [-0.2, 0) is 18.3 Å². The molecule has 6 heteroatoms. The molecule has 1 fully saturated rings. The van der Waals surface area contributed by atoms with Crippen molar-refractivity contribution >= 4 is 5.78 Å². The lowest BCUT2D eigenvalue weighted by molar-refractivity contribution is -0.137. The number of carbonyl (C=O) groups is 1. The molecule has 144 valence electrons. The Balaban J connectivity index is 1.65. The molecule has 0 radical (unpaired) electrons. The number of piperidine rings is 1. The molecular weight excluding hydrogens is 355 g/mol. The lowest BCUT2D eigenvalue weighted by Gasteiger charge is -2.38. The number of likely N-dealkylation sites (tertiary alicyclic amines) is 1. The van der Waals surface area contributed by atoms with Crippen molar-refractivity contribution in [3.63, 3.8) is 0 Å². The maximum Gasteiger partial charge on any atom is 0.416 e. The van der Waals surface area contributed by atoms with E-state index in [4.69, 9.17) is 0 Å². The van der Waals surface area contributed by atoms with Crippen LogP contribution in [0.15, 0.2) is 48.5 Å². The zero-order valence-corrected chi connectivity index (χ0v) is 15.1. The number of Topliss-reactive ketones (excluding diaryl/α,β-unsaturated/α-hetero) is 1. The first-order chi connectivity index (χ1) is 12.7. The number of ketones is 1. The number of hydrogen-bond donors (Lipinski definition) is 1. The summed E-state index contributed by atoms with van der Waals surface area (Å²) >= 11 is 0. The summed E-state index contributed by atoms with van der Waals surface area (Å²) in [5.41, 5.74) is 0.0704. The fourth-order valence-electron chi connectivity index (χ4n) is 3.46. The van der Waals surface area contributed by atoms with Gasteiger partial charge in [0, 0.05) is 25.2 Å². The predicted molar refractivity (Wildman–Crippen MR) is 96.3 cm³/mol. The number of aliphatic hydroxyl groups is 1. The standard InChI is InChI=1S/C21H22F3NO2/c1-15(26)17-7-5-16(6-8-17)14-25-11-9-20(27,10-12-25)18-3-2-4-19(13-18)21(22,23)24/h2-8,13,27H,9-12,14H2,1H3. The van der Waals surface area contributed by atoms with E-state index in [-0.39, 0.29) is 5.78 Å². The average molecular weight is 377 g/mol. The third-order valence-electron chi connectivity index (χ3n) is 5.18. The van der Waals surface area contributed by atoms with Gasteiger partial charge in [0.2, 0.25) is 0 Å². The third-order valence-corrected chi connectivity index (χ3v) is 5.18. The van der Waals surface area contributed by atoms with Crippen LogP contribution in [0.1, 0.15) is 46.8 Å². The Morgan fingerprint density at radius 3 is 2.30 bits per heavy atom. The van der Waals surface area contributed by atoms with Crippen molar-refractivity contribution < 1.29 is 23.1 Å². The van der Waals surface area contributed by atoms with Gasteiger partial charge in [-0.1, -0.05) is 36.4 Å². The highest BCUT2D eigenvalue weighted by molar-refractivity contribution is 5.93. The Morgan fingerprint density at radius 2 is 1.74 bits per heavy atom. The number of alkyl halides is 3. The summed E-state index contributed by atoms with van der Waals surface area (Å²) in [7, 11) is 0. The van der Waals surface area contributed by atoms with Gasteiger partial charge in [-0.2, -0.15) is 13.2 Å². The van der Waals surface area contributed by atoms with Crippen molar-refractivity contribution in [1.82, 2.24) is 4.90 Å². The Bertz CT molecular complexity index is 807. The highest BCUT2D eigenvalue weighted by Crippen LogP contribution is 2.37. The highest BCUT2D eigenvalue weighted by atomic mass is 19.4. The van der Waals surface area contributed by atoms with Gasteiger partial charge in [0.1, 0.15) is 0 Å². The van der Waals surface area contributed by atoms with Crippen molar-refractivity contribution in [2.24, 2.45) is 0 Å². The molecule has 2 aromatic carbocycles. The summed E-state index contributed by atoms with van der Waals surface area (Å²) < 4.78 is 38.8. The zero-order chi connectivity index (χ0) is 19.7. The highest BCUT2D eigenvalue weighted by Gasteiger charge is 2.37. The van der Waals surface area contributed by atoms with E-state index < -0.39 is 17.3 Å². The van der Waals surface area contributed by atoms with Crippen LogP contribution in [0.4, 0.5) is 13.2 Å².